The van der Waals surface area contributed by atoms with Crippen LogP contribution < -0.4 is 0 Å². The van der Waals surface area contributed by atoms with E-state index in [9.17, 15) is 0 Å². The Morgan fingerprint density at radius 3 is 2.94 bits per heavy atom. The molecule has 0 radical (unpaired) electrons. The van der Waals surface area contributed by atoms with Crippen LogP contribution in [-0.4, -0.2) is 11.2 Å². The maximum atomic E-state index is 5.97. The lowest BCUT2D eigenvalue weighted by molar-refractivity contribution is 0.0179. The minimum Gasteiger partial charge on any atom is -0.371 e. The molecule has 17 heavy (non-hydrogen) atoms. The molecular formula is C14H16INO. The van der Waals surface area contributed by atoms with Gasteiger partial charge in [-0.15, -0.1) is 0 Å². The Hall–Kier alpha value is -0.550. The largest absolute Gasteiger partial charge is 0.371 e. The lowest BCUT2D eigenvalue weighted by Crippen LogP contribution is -2.19. The molecule has 1 fully saturated rings. The first kappa shape index (κ1) is 11.5. The fourth-order valence-electron chi connectivity index (χ4n) is 2.78. The Morgan fingerprint density at radius 2 is 2.24 bits per heavy atom. The summed E-state index contributed by atoms with van der Waals surface area (Å²) in [7, 11) is 2.11. The van der Waals surface area contributed by atoms with E-state index in [0.29, 0.717) is 0 Å². The Labute approximate surface area is 115 Å². The molecule has 2 heterocycles. The zero-order valence-corrected chi connectivity index (χ0v) is 12.3. The zero-order chi connectivity index (χ0) is 12.0. The van der Waals surface area contributed by atoms with E-state index in [2.05, 4.69) is 65.5 Å². The maximum Gasteiger partial charge on any atom is 0.0924 e. The predicted molar refractivity (Wildman–Crippen MR) is 78.2 cm³/mol. The maximum absolute atomic E-state index is 5.97. The van der Waals surface area contributed by atoms with Gasteiger partial charge in [-0.25, -0.2) is 0 Å². The number of hydrogen-bond acceptors (Lipinski definition) is 1. The number of fused-ring (bicyclic) bond motifs is 1. The molecule has 0 saturated carbocycles. The van der Waals surface area contributed by atoms with Crippen molar-refractivity contribution in [2.24, 2.45) is 7.05 Å². The Kier molecular flexibility index (Phi) is 2.70. The van der Waals surface area contributed by atoms with E-state index in [1.54, 1.807) is 0 Å². The van der Waals surface area contributed by atoms with E-state index >= 15 is 0 Å². The Balaban J connectivity index is 2.25. The Bertz CT molecular complexity index is 567. The van der Waals surface area contributed by atoms with Crippen molar-refractivity contribution in [3.8, 4) is 0 Å². The summed E-state index contributed by atoms with van der Waals surface area (Å²) in [4.78, 5) is 0. The van der Waals surface area contributed by atoms with E-state index in [1.165, 1.54) is 20.0 Å². The summed E-state index contributed by atoms with van der Waals surface area (Å²) >= 11 is 2.37. The van der Waals surface area contributed by atoms with Crippen molar-refractivity contribution < 1.29 is 4.74 Å². The molecule has 90 valence electrons. The number of aromatic nitrogens is 1. The number of benzene rings is 1. The van der Waals surface area contributed by atoms with Gasteiger partial charge in [0.15, 0.2) is 0 Å². The fraction of sp³-hybridized carbons (Fsp3) is 0.429. The van der Waals surface area contributed by atoms with Crippen molar-refractivity contribution in [2.75, 3.05) is 6.61 Å². The normalized spacial score (nSPS) is 24.6. The molecule has 0 amide bonds. The van der Waals surface area contributed by atoms with Gasteiger partial charge in [-0.3, -0.25) is 0 Å². The highest BCUT2D eigenvalue weighted by molar-refractivity contribution is 14.1. The average molecular weight is 341 g/mol. The van der Waals surface area contributed by atoms with Crippen molar-refractivity contribution in [2.45, 2.75) is 25.4 Å². The zero-order valence-electron chi connectivity index (χ0n) is 10.2. The van der Waals surface area contributed by atoms with Gasteiger partial charge in [0, 0.05) is 39.9 Å². The van der Waals surface area contributed by atoms with Gasteiger partial charge in [-0.05, 0) is 60.6 Å². The molecule has 3 rings (SSSR count). The molecule has 2 nitrogen and oxygen atoms in total. The highest BCUT2D eigenvalue weighted by Gasteiger charge is 2.34. The second kappa shape index (κ2) is 3.99. The smallest absolute Gasteiger partial charge is 0.0924 e. The number of ether oxygens (including phenoxy) is 1. The van der Waals surface area contributed by atoms with Gasteiger partial charge in [0.2, 0.25) is 0 Å². The third kappa shape index (κ3) is 1.80. The molecule has 1 aromatic carbocycles. The molecule has 1 aliphatic rings. The predicted octanol–water partition coefficient (Wildman–Crippen LogP) is 3.81. The first-order valence-electron chi connectivity index (χ1n) is 5.99. The first-order valence-corrected chi connectivity index (χ1v) is 7.07. The topological polar surface area (TPSA) is 14.2 Å². The number of halogens is 1. The molecule has 1 saturated heterocycles. The van der Waals surface area contributed by atoms with Crippen molar-refractivity contribution >= 4 is 33.5 Å². The van der Waals surface area contributed by atoms with Crippen LogP contribution in [0.5, 0.6) is 0 Å². The quantitative estimate of drug-likeness (QED) is 0.720. The van der Waals surface area contributed by atoms with Crippen LogP contribution in [0.15, 0.2) is 24.4 Å². The van der Waals surface area contributed by atoms with Crippen LogP contribution >= 0.6 is 22.6 Å². The van der Waals surface area contributed by atoms with E-state index in [4.69, 9.17) is 4.74 Å². The van der Waals surface area contributed by atoms with Gasteiger partial charge < -0.3 is 9.30 Å². The monoisotopic (exact) mass is 341 g/mol. The van der Waals surface area contributed by atoms with Gasteiger partial charge in [-0.1, -0.05) is 0 Å². The lowest BCUT2D eigenvalue weighted by Gasteiger charge is -2.22. The molecule has 1 unspecified atom stereocenters. The number of nitrogens with zero attached hydrogens (tertiary/aromatic N) is 1. The molecule has 0 bridgehead atoms. The second-order valence-electron chi connectivity index (χ2n) is 5.00. The molecule has 1 atom stereocenters. The molecule has 0 aliphatic carbocycles. The standard InChI is InChI=1S/C14H16INO/c1-14(6-3-7-17-14)12-9-16(2)13-5-4-10(15)8-11(12)13/h4-5,8-9H,3,6-7H2,1-2H3. The van der Waals surface area contributed by atoms with Crippen molar-refractivity contribution in [3.63, 3.8) is 0 Å². The third-order valence-corrected chi connectivity index (χ3v) is 4.41. The van der Waals surface area contributed by atoms with Crippen molar-refractivity contribution in [1.82, 2.24) is 4.57 Å². The molecule has 0 N–H and O–H groups in total. The summed E-state index contributed by atoms with van der Waals surface area (Å²) in [5.74, 6) is 0. The van der Waals surface area contributed by atoms with Gasteiger partial charge in [0.1, 0.15) is 0 Å². The van der Waals surface area contributed by atoms with Crippen molar-refractivity contribution in [1.29, 1.82) is 0 Å². The molecular weight excluding hydrogens is 325 g/mol. The van der Waals surface area contributed by atoms with Gasteiger partial charge >= 0.3 is 0 Å². The number of rotatable bonds is 1. The fourth-order valence-corrected chi connectivity index (χ4v) is 3.27. The van der Waals surface area contributed by atoms with E-state index in [-0.39, 0.29) is 5.60 Å². The number of aryl methyl sites for hydroxylation is 1. The van der Waals surface area contributed by atoms with Crippen LogP contribution in [0.4, 0.5) is 0 Å². The summed E-state index contributed by atoms with van der Waals surface area (Å²) in [6.45, 7) is 3.10. The van der Waals surface area contributed by atoms with Crippen LogP contribution in [0.25, 0.3) is 10.9 Å². The van der Waals surface area contributed by atoms with E-state index in [0.717, 1.165) is 19.4 Å². The van der Waals surface area contributed by atoms with Crippen LogP contribution in [0, 0.1) is 3.57 Å². The van der Waals surface area contributed by atoms with Crippen LogP contribution in [0.2, 0.25) is 0 Å². The van der Waals surface area contributed by atoms with E-state index in [1.807, 2.05) is 0 Å². The van der Waals surface area contributed by atoms with Gasteiger partial charge in [-0.2, -0.15) is 0 Å². The SMILES string of the molecule is Cn1cc(C2(C)CCCO2)c2cc(I)ccc21. The molecule has 1 aliphatic heterocycles. The summed E-state index contributed by atoms with van der Waals surface area (Å²) < 4.78 is 9.46. The summed E-state index contributed by atoms with van der Waals surface area (Å²) in [5.41, 5.74) is 2.53. The molecule has 3 heteroatoms. The second-order valence-corrected chi connectivity index (χ2v) is 6.24. The number of hydrogen-bond donors (Lipinski definition) is 0. The third-order valence-electron chi connectivity index (χ3n) is 3.74. The van der Waals surface area contributed by atoms with Gasteiger partial charge in [0.05, 0.1) is 5.60 Å². The molecule has 0 spiro atoms. The van der Waals surface area contributed by atoms with Crippen LogP contribution in [-0.2, 0) is 17.4 Å². The summed E-state index contributed by atoms with van der Waals surface area (Å²) in [6, 6.07) is 6.61. The summed E-state index contributed by atoms with van der Waals surface area (Å²) in [6.07, 6.45) is 4.51. The van der Waals surface area contributed by atoms with Crippen molar-refractivity contribution in [3.05, 3.63) is 33.5 Å². The Morgan fingerprint density at radius 1 is 1.41 bits per heavy atom. The molecule has 2 aromatic rings. The first-order chi connectivity index (χ1) is 8.10. The lowest BCUT2D eigenvalue weighted by atomic mass is 9.93. The van der Waals surface area contributed by atoms with E-state index < -0.39 is 0 Å². The highest BCUT2D eigenvalue weighted by Crippen LogP contribution is 2.40. The minimum absolute atomic E-state index is 0.0933. The van der Waals surface area contributed by atoms with Crippen LogP contribution in [0.1, 0.15) is 25.3 Å². The molecule has 1 aromatic heterocycles. The summed E-state index contributed by atoms with van der Waals surface area (Å²) in [5, 5.41) is 1.34. The van der Waals surface area contributed by atoms with Gasteiger partial charge in [0.25, 0.3) is 0 Å². The van der Waals surface area contributed by atoms with Crippen LogP contribution in [0.3, 0.4) is 0 Å². The minimum atomic E-state index is -0.0933. The average Bonchev–Trinajstić information content (AvgIpc) is 2.85. The highest BCUT2D eigenvalue weighted by atomic mass is 127.